The molecule has 4 nitrogen and oxygen atoms in total. The van der Waals surface area contributed by atoms with E-state index in [0.717, 1.165) is 19.3 Å². The number of amides is 1. The van der Waals surface area contributed by atoms with Crippen LogP contribution in [0.25, 0.3) is 0 Å². The molecule has 21 heavy (non-hydrogen) atoms. The van der Waals surface area contributed by atoms with E-state index in [9.17, 15) is 14.0 Å². The number of anilines is 1. The molecule has 2 saturated carbocycles. The Morgan fingerprint density at radius 1 is 1.33 bits per heavy atom. The van der Waals surface area contributed by atoms with Gasteiger partial charge in [-0.1, -0.05) is 18.9 Å². The number of carboxylic acids is 1. The summed E-state index contributed by atoms with van der Waals surface area (Å²) >= 11 is 0. The summed E-state index contributed by atoms with van der Waals surface area (Å²) in [6.07, 6.45) is 5.22. The average Bonchev–Trinajstić information content (AvgIpc) is 2.91. The van der Waals surface area contributed by atoms with Gasteiger partial charge in [-0.05, 0) is 42.4 Å². The van der Waals surface area contributed by atoms with Gasteiger partial charge in [0.2, 0.25) is 5.91 Å². The van der Waals surface area contributed by atoms with Crippen LogP contribution in [0.5, 0.6) is 0 Å². The Morgan fingerprint density at radius 2 is 2.05 bits per heavy atom. The Hall–Kier alpha value is -1.91. The topological polar surface area (TPSA) is 66.4 Å². The highest BCUT2D eigenvalue weighted by molar-refractivity contribution is 5.95. The number of rotatable bonds is 4. The minimum atomic E-state index is -1.08. The molecule has 0 saturated heterocycles. The van der Waals surface area contributed by atoms with Gasteiger partial charge in [0.15, 0.2) is 0 Å². The SMILES string of the molecule is O=C(O)Cc1ccc(NC(=O)C2CC23CCCC3)cc1F. The highest BCUT2D eigenvalue weighted by atomic mass is 19.1. The monoisotopic (exact) mass is 291 g/mol. The first-order valence-electron chi connectivity index (χ1n) is 7.31. The van der Waals surface area contributed by atoms with Crippen LogP contribution < -0.4 is 5.32 Å². The van der Waals surface area contributed by atoms with Crippen molar-refractivity contribution < 1.29 is 19.1 Å². The van der Waals surface area contributed by atoms with Gasteiger partial charge >= 0.3 is 5.97 Å². The Morgan fingerprint density at radius 3 is 2.67 bits per heavy atom. The summed E-state index contributed by atoms with van der Waals surface area (Å²) < 4.78 is 13.8. The number of carbonyl (C=O) groups excluding carboxylic acids is 1. The molecule has 112 valence electrons. The van der Waals surface area contributed by atoms with Crippen molar-refractivity contribution in [2.24, 2.45) is 11.3 Å². The Bertz CT molecular complexity index is 593. The minimum Gasteiger partial charge on any atom is -0.481 e. The van der Waals surface area contributed by atoms with Gasteiger partial charge in [-0.2, -0.15) is 0 Å². The van der Waals surface area contributed by atoms with Crippen molar-refractivity contribution in [1.82, 2.24) is 0 Å². The standard InChI is InChI=1S/C16H18FNO3/c17-13-8-11(4-3-10(13)7-14(19)20)18-15(21)12-9-16(12)5-1-2-6-16/h3-4,8,12H,1-2,5-7,9H2,(H,18,21)(H,19,20). The Labute approximate surface area is 122 Å². The van der Waals surface area contributed by atoms with Gasteiger partial charge in [-0.15, -0.1) is 0 Å². The van der Waals surface area contributed by atoms with Crippen LogP contribution in [0, 0.1) is 17.2 Å². The number of hydrogen-bond donors (Lipinski definition) is 2. The number of carboxylic acid groups (broad SMARTS) is 1. The zero-order chi connectivity index (χ0) is 15.0. The van der Waals surface area contributed by atoms with Crippen molar-refractivity contribution in [1.29, 1.82) is 0 Å². The minimum absolute atomic E-state index is 0.0396. The van der Waals surface area contributed by atoms with Crippen molar-refractivity contribution in [3.63, 3.8) is 0 Å². The van der Waals surface area contributed by atoms with E-state index in [1.807, 2.05) is 0 Å². The van der Waals surface area contributed by atoms with Gasteiger partial charge in [0.05, 0.1) is 6.42 Å². The molecule has 1 aromatic rings. The highest BCUT2D eigenvalue weighted by Gasteiger charge is 2.58. The number of nitrogens with one attached hydrogen (secondary N) is 1. The number of aliphatic carboxylic acids is 1. The van der Waals surface area contributed by atoms with Gasteiger partial charge in [0.1, 0.15) is 5.82 Å². The van der Waals surface area contributed by atoms with Crippen LogP contribution in [-0.4, -0.2) is 17.0 Å². The molecule has 1 amide bonds. The molecule has 2 fully saturated rings. The fourth-order valence-electron chi connectivity index (χ4n) is 3.51. The molecule has 1 atom stereocenters. The summed E-state index contributed by atoms with van der Waals surface area (Å²) in [6.45, 7) is 0. The van der Waals surface area contributed by atoms with Crippen molar-refractivity contribution in [3.05, 3.63) is 29.6 Å². The van der Waals surface area contributed by atoms with E-state index in [0.29, 0.717) is 5.69 Å². The van der Waals surface area contributed by atoms with Crippen molar-refractivity contribution in [2.75, 3.05) is 5.32 Å². The van der Waals surface area contributed by atoms with E-state index in [4.69, 9.17) is 5.11 Å². The third-order valence-electron chi connectivity index (χ3n) is 4.77. The summed E-state index contributed by atoms with van der Waals surface area (Å²) in [6, 6.07) is 4.17. The zero-order valence-corrected chi connectivity index (χ0v) is 11.7. The number of carbonyl (C=O) groups is 2. The van der Waals surface area contributed by atoms with Gasteiger partial charge in [-0.3, -0.25) is 9.59 Å². The number of halogens is 1. The molecular formula is C16H18FNO3. The summed E-state index contributed by atoms with van der Waals surface area (Å²) in [5.74, 6) is -1.66. The van der Waals surface area contributed by atoms with E-state index < -0.39 is 11.8 Å². The van der Waals surface area contributed by atoms with Crippen LogP contribution in [0.2, 0.25) is 0 Å². The predicted octanol–water partition coefficient (Wildman–Crippen LogP) is 2.97. The molecule has 2 aliphatic carbocycles. The molecule has 0 aromatic heterocycles. The highest BCUT2D eigenvalue weighted by Crippen LogP contribution is 2.63. The molecule has 1 aromatic carbocycles. The molecule has 5 heteroatoms. The normalized spacial score (nSPS) is 22.2. The maximum Gasteiger partial charge on any atom is 0.307 e. The van der Waals surface area contributed by atoms with Gasteiger partial charge in [0, 0.05) is 11.6 Å². The Kier molecular flexibility index (Phi) is 3.43. The summed E-state index contributed by atoms with van der Waals surface area (Å²) in [7, 11) is 0. The molecule has 2 aliphatic rings. The van der Waals surface area contributed by atoms with E-state index in [2.05, 4.69) is 5.32 Å². The molecule has 1 spiro atoms. The number of benzene rings is 1. The summed E-state index contributed by atoms with van der Waals surface area (Å²) in [5, 5.41) is 11.4. The van der Waals surface area contributed by atoms with E-state index >= 15 is 0 Å². The van der Waals surface area contributed by atoms with Gasteiger partial charge in [0.25, 0.3) is 0 Å². The molecular weight excluding hydrogens is 273 g/mol. The summed E-state index contributed by atoms with van der Waals surface area (Å²) in [5.41, 5.74) is 0.733. The fraction of sp³-hybridized carbons (Fsp3) is 0.500. The molecule has 0 radical (unpaired) electrons. The maximum absolute atomic E-state index is 13.8. The van der Waals surface area contributed by atoms with Gasteiger partial charge < -0.3 is 10.4 Å². The first kappa shape index (κ1) is 14.0. The second-order valence-electron chi connectivity index (χ2n) is 6.19. The second-order valence-corrected chi connectivity index (χ2v) is 6.19. The Balaban J connectivity index is 1.64. The van der Waals surface area contributed by atoms with Gasteiger partial charge in [-0.25, -0.2) is 4.39 Å². The molecule has 0 bridgehead atoms. The lowest BCUT2D eigenvalue weighted by Crippen LogP contribution is -2.17. The van der Waals surface area contributed by atoms with Crippen molar-refractivity contribution in [3.8, 4) is 0 Å². The molecule has 3 rings (SSSR count). The third-order valence-corrected chi connectivity index (χ3v) is 4.77. The first-order chi connectivity index (χ1) is 10.00. The van der Waals surface area contributed by atoms with Crippen LogP contribution in [0.1, 0.15) is 37.7 Å². The largest absolute Gasteiger partial charge is 0.481 e. The van der Waals surface area contributed by atoms with E-state index in [-0.39, 0.29) is 29.2 Å². The third kappa shape index (κ3) is 2.77. The molecule has 0 heterocycles. The summed E-state index contributed by atoms with van der Waals surface area (Å²) in [4.78, 5) is 22.8. The molecule has 0 aliphatic heterocycles. The molecule has 2 N–H and O–H groups in total. The van der Waals surface area contributed by atoms with Crippen LogP contribution in [-0.2, 0) is 16.0 Å². The van der Waals surface area contributed by atoms with Crippen molar-refractivity contribution >= 4 is 17.6 Å². The fourth-order valence-corrected chi connectivity index (χ4v) is 3.51. The lowest BCUT2D eigenvalue weighted by atomic mass is 10.0. The zero-order valence-electron chi connectivity index (χ0n) is 11.7. The van der Waals surface area contributed by atoms with E-state index in [1.54, 1.807) is 6.07 Å². The van der Waals surface area contributed by atoms with Crippen LogP contribution in [0.3, 0.4) is 0 Å². The maximum atomic E-state index is 13.8. The average molecular weight is 291 g/mol. The van der Waals surface area contributed by atoms with Crippen LogP contribution in [0.15, 0.2) is 18.2 Å². The van der Waals surface area contributed by atoms with Crippen LogP contribution in [0.4, 0.5) is 10.1 Å². The van der Waals surface area contributed by atoms with Crippen LogP contribution >= 0.6 is 0 Å². The van der Waals surface area contributed by atoms with E-state index in [1.165, 1.54) is 25.0 Å². The second kappa shape index (κ2) is 5.13. The first-order valence-corrected chi connectivity index (χ1v) is 7.31. The lowest BCUT2D eigenvalue weighted by Gasteiger charge is -2.10. The number of hydrogen-bond acceptors (Lipinski definition) is 2. The predicted molar refractivity (Wildman–Crippen MR) is 75.4 cm³/mol. The smallest absolute Gasteiger partial charge is 0.307 e. The van der Waals surface area contributed by atoms with Crippen molar-refractivity contribution in [2.45, 2.75) is 38.5 Å². The molecule has 1 unspecified atom stereocenters. The quantitative estimate of drug-likeness (QED) is 0.896. The lowest BCUT2D eigenvalue weighted by molar-refractivity contribution is -0.136.